The van der Waals surface area contributed by atoms with Gasteiger partial charge in [0.2, 0.25) is 5.91 Å². The molecule has 1 aromatic heterocycles. The summed E-state index contributed by atoms with van der Waals surface area (Å²) in [4.78, 5) is 16.1. The van der Waals surface area contributed by atoms with Crippen molar-refractivity contribution < 1.29 is 13.2 Å². The van der Waals surface area contributed by atoms with E-state index in [1.807, 2.05) is 44.2 Å². The maximum absolute atomic E-state index is 13.5. The molecule has 1 amide bonds. The van der Waals surface area contributed by atoms with Crippen molar-refractivity contribution in [1.82, 2.24) is 14.6 Å². The largest absolute Gasteiger partial charge is 0.350 e. The summed E-state index contributed by atoms with van der Waals surface area (Å²) in [5, 5.41) is 3.59. The van der Waals surface area contributed by atoms with Crippen molar-refractivity contribution in [2.24, 2.45) is 0 Å². The van der Waals surface area contributed by atoms with Crippen molar-refractivity contribution in [2.45, 2.75) is 55.9 Å². The second-order valence-corrected chi connectivity index (χ2v) is 10.2. The van der Waals surface area contributed by atoms with Crippen molar-refractivity contribution in [1.29, 1.82) is 0 Å². The molecule has 0 aliphatic carbocycles. The van der Waals surface area contributed by atoms with Crippen LogP contribution >= 0.6 is 11.3 Å². The van der Waals surface area contributed by atoms with Gasteiger partial charge in [0.15, 0.2) is 4.21 Å². The highest BCUT2D eigenvalue weighted by atomic mass is 32.2. The Morgan fingerprint density at radius 2 is 1.86 bits per heavy atom. The number of sulfonamides is 1. The number of benzene rings is 1. The highest BCUT2D eigenvalue weighted by Gasteiger charge is 2.41. The van der Waals surface area contributed by atoms with Gasteiger partial charge in [-0.05, 0) is 39.7 Å². The molecule has 0 spiro atoms. The Morgan fingerprint density at radius 1 is 1.25 bits per heavy atom. The predicted octanol–water partition coefficient (Wildman–Crippen LogP) is 3.35. The number of amides is 1. The smallest absolute Gasteiger partial charge is 0.254 e. The Kier molecular flexibility index (Phi) is 6.02. The molecule has 2 heterocycles. The fraction of sp³-hybridized carbons (Fsp3) is 0.400. The van der Waals surface area contributed by atoms with Crippen molar-refractivity contribution in [3.8, 4) is 10.6 Å². The van der Waals surface area contributed by atoms with Gasteiger partial charge in [0.05, 0.1) is 5.69 Å². The van der Waals surface area contributed by atoms with E-state index >= 15 is 0 Å². The van der Waals surface area contributed by atoms with Crippen LogP contribution in [0.15, 0.2) is 47.2 Å². The molecule has 150 valence electrons. The van der Waals surface area contributed by atoms with E-state index < -0.39 is 10.0 Å². The zero-order valence-electron chi connectivity index (χ0n) is 16.3. The van der Waals surface area contributed by atoms with Crippen molar-refractivity contribution >= 4 is 27.3 Å². The van der Waals surface area contributed by atoms with E-state index in [2.05, 4.69) is 16.9 Å². The summed E-state index contributed by atoms with van der Waals surface area (Å²) in [7, 11) is -3.68. The SMILES string of the molecule is C=CC(=O)NC1CC(C)N(S(=O)(=O)c2sc(-c3ccccc3)nc2C)C(C)C1. The number of aryl methyl sites for hydroxylation is 1. The summed E-state index contributed by atoms with van der Waals surface area (Å²) in [5.74, 6) is -0.230. The van der Waals surface area contributed by atoms with Gasteiger partial charge in [-0.2, -0.15) is 4.31 Å². The van der Waals surface area contributed by atoms with Crippen molar-refractivity contribution in [3.05, 3.63) is 48.7 Å². The van der Waals surface area contributed by atoms with Crippen molar-refractivity contribution in [2.75, 3.05) is 0 Å². The molecule has 6 nitrogen and oxygen atoms in total. The summed E-state index contributed by atoms with van der Waals surface area (Å²) >= 11 is 1.21. The van der Waals surface area contributed by atoms with Gasteiger partial charge in [-0.1, -0.05) is 36.9 Å². The molecule has 1 aromatic carbocycles. The number of rotatable bonds is 5. The molecule has 3 rings (SSSR count). The number of aromatic nitrogens is 1. The van der Waals surface area contributed by atoms with Crippen LogP contribution in [0.3, 0.4) is 0 Å². The lowest BCUT2D eigenvalue weighted by atomic mass is 9.95. The van der Waals surface area contributed by atoms with Gasteiger partial charge in [-0.3, -0.25) is 4.79 Å². The van der Waals surface area contributed by atoms with E-state index in [0.29, 0.717) is 27.8 Å². The number of nitrogens with zero attached hydrogens (tertiary/aromatic N) is 2. The molecule has 0 radical (unpaired) electrons. The van der Waals surface area contributed by atoms with Crippen LogP contribution in [0.4, 0.5) is 0 Å². The molecule has 1 fully saturated rings. The number of carbonyl (C=O) groups is 1. The Hall–Kier alpha value is -2.03. The molecule has 1 saturated heterocycles. The predicted molar refractivity (Wildman–Crippen MR) is 112 cm³/mol. The molecule has 28 heavy (non-hydrogen) atoms. The highest BCUT2D eigenvalue weighted by Crippen LogP contribution is 2.36. The van der Waals surface area contributed by atoms with E-state index in [-0.39, 0.29) is 24.0 Å². The van der Waals surface area contributed by atoms with E-state index in [4.69, 9.17) is 0 Å². The Bertz CT molecular complexity index is 958. The van der Waals surface area contributed by atoms with Gasteiger partial charge in [0.1, 0.15) is 5.01 Å². The Balaban J connectivity index is 1.88. The third-order valence-electron chi connectivity index (χ3n) is 4.94. The lowest BCUT2D eigenvalue weighted by Gasteiger charge is -2.41. The first kappa shape index (κ1) is 20.7. The first-order valence-corrected chi connectivity index (χ1v) is 11.5. The molecule has 2 aromatic rings. The van der Waals surface area contributed by atoms with Crippen LogP contribution in [0.5, 0.6) is 0 Å². The van der Waals surface area contributed by atoms with Crippen LogP contribution in [0.1, 0.15) is 32.4 Å². The van der Waals surface area contributed by atoms with Crippen molar-refractivity contribution in [3.63, 3.8) is 0 Å². The molecule has 1 N–H and O–H groups in total. The van der Waals surface area contributed by atoms with E-state index in [9.17, 15) is 13.2 Å². The van der Waals surface area contributed by atoms with Gasteiger partial charge in [-0.15, -0.1) is 11.3 Å². The van der Waals surface area contributed by atoms with Crippen LogP contribution in [0.2, 0.25) is 0 Å². The molecule has 2 atom stereocenters. The molecule has 1 aliphatic heterocycles. The molecule has 8 heteroatoms. The van der Waals surface area contributed by atoms with Gasteiger partial charge in [0.25, 0.3) is 10.0 Å². The van der Waals surface area contributed by atoms with E-state index in [1.165, 1.54) is 17.4 Å². The zero-order valence-corrected chi connectivity index (χ0v) is 17.9. The molecular weight excluding hydrogens is 394 g/mol. The van der Waals surface area contributed by atoms with Crippen LogP contribution in [0.25, 0.3) is 10.6 Å². The molecule has 0 bridgehead atoms. The number of carbonyl (C=O) groups excluding carboxylic acids is 1. The Morgan fingerprint density at radius 3 is 2.43 bits per heavy atom. The average Bonchev–Trinajstić information content (AvgIpc) is 3.04. The molecule has 0 saturated carbocycles. The first-order valence-electron chi connectivity index (χ1n) is 9.23. The minimum Gasteiger partial charge on any atom is -0.350 e. The van der Waals surface area contributed by atoms with Crippen LogP contribution in [0, 0.1) is 6.92 Å². The summed E-state index contributed by atoms with van der Waals surface area (Å²) in [5.41, 5.74) is 1.43. The quantitative estimate of drug-likeness (QED) is 0.754. The van der Waals surface area contributed by atoms with Gasteiger partial charge in [-0.25, -0.2) is 13.4 Å². The average molecular weight is 420 g/mol. The fourth-order valence-electron chi connectivity index (χ4n) is 3.84. The maximum atomic E-state index is 13.5. The lowest BCUT2D eigenvalue weighted by molar-refractivity contribution is -0.117. The molecule has 2 unspecified atom stereocenters. The van der Waals surface area contributed by atoms with Crippen LogP contribution < -0.4 is 5.32 Å². The fourth-order valence-corrected chi connectivity index (χ4v) is 7.29. The summed E-state index contributed by atoms with van der Waals surface area (Å²) < 4.78 is 28.8. The van der Waals surface area contributed by atoms with Crippen LogP contribution in [-0.2, 0) is 14.8 Å². The van der Waals surface area contributed by atoms with E-state index in [1.54, 1.807) is 11.2 Å². The number of thiazole rings is 1. The molecular formula is C20H25N3O3S2. The number of nitrogens with one attached hydrogen (secondary N) is 1. The second kappa shape index (κ2) is 8.14. The maximum Gasteiger partial charge on any atom is 0.254 e. The summed E-state index contributed by atoms with van der Waals surface area (Å²) in [6, 6.07) is 9.06. The third-order valence-corrected chi connectivity index (χ3v) is 8.86. The monoisotopic (exact) mass is 419 g/mol. The van der Waals surface area contributed by atoms with Gasteiger partial charge in [0, 0.05) is 23.7 Å². The molecule has 1 aliphatic rings. The minimum atomic E-state index is -3.68. The second-order valence-electron chi connectivity index (χ2n) is 7.17. The van der Waals surface area contributed by atoms with Gasteiger partial charge < -0.3 is 5.32 Å². The topological polar surface area (TPSA) is 79.4 Å². The number of hydrogen-bond donors (Lipinski definition) is 1. The van der Waals surface area contributed by atoms with Gasteiger partial charge >= 0.3 is 0 Å². The third kappa shape index (κ3) is 4.04. The highest BCUT2D eigenvalue weighted by molar-refractivity contribution is 7.91. The lowest BCUT2D eigenvalue weighted by Crippen LogP contribution is -2.54. The summed E-state index contributed by atoms with van der Waals surface area (Å²) in [6.45, 7) is 8.98. The van der Waals surface area contributed by atoms with Crippen LogP contribution in [-0.4, -0.2) is 41.7 Å². The standard InChI is InChI=1S/C20H25N3O3S2/c1-5-18(24)22-17-11-13(2)23(14(3)12-17)28(25,26)20-15(4)21-19(27-20)16-9-7-6-8-10-16/h5-10,13-14,17H,1,11-12H2,2-4H3,(H,22,24). The summed E-state index contributed by atoms with van der Waals surface area (Å²) in [6.07, 6.45) is 2.36. The number of piperidine rings is 1. The Labute approximate surface area is 170 Å². The zero-order chi connectivity index (χ0) is 20.5. The number of hydrogen-bond acceptors (Lipinski definition) is 5. The normalized spacial score (nSPS) is 23.3. The first-order chi connectivity index (χ1) is 13.2. The van der Waals surface area contributed by atoms with E-state index in [0.717, 1.165) is 5.56 Å². The minimum absolute atomic E-state index is 0.0654.